The van der Waals surface area contributed by atoms with Crippen molar-refractivity contribution in [2.24, 2.45) is 0 Å². The smallest absolute Gasteiger partial charge is 0.143 e. The fourth-order valence-electron chi connectivity index (χ4n) is 8.72. The molecular weight excluding hydrogens is 679 g/mol. The molecule has 0 aliphatic carbocycles. The third kappa shape index (κ3) is 5.19. The number of benzene rings is 10. The van der Waals surface area contributed by atoms with Crippen molar-refractivity contribution in [1.82, 2.24) is 0 Å². The average molecular weight is 714 g/mol. The monoisotopic (exact) mass is 713 g/mol. The second-order valence-corrected chi connectivity index (χ2v) is 14.4. The van der Waals surface area contributed by atoms with Crippen LogP contribution in [0.15, 0.2) is 217 Å². The molecule has 0 radical (unpaired) electrons. The normalized spacial score (nSPS) is 11.6. The molecule has 262 valence electrons. The summed E-state index contributed by atoms with van der Waals surface area (Å²) in [6, 6.07) is 76.5. The van der Waals surface area contributed by atoms with Crippen molar-refractivity contribution in [3.63, 3.8) is 0 Å². The van der Waals surface area contributed by atoms with E-state index in [9.17, 15) is 0 Å². The molecule has 1 aromatic heterocycles. The highest BCUT2D eigenvalue weighted by atomic mass is 16.3. The molecule has 0 bridgehead atoms. The van der Waals surface area contributed by atoms with Crippen LogP contribution in [-0.2, 0) is 0 Å². The summed E-state index contributed by atoms with van der Waals surface area (Å²) in [5, 5.41) is 9.42. The number of rotatable bonds is 6. The van der Waals surface area contributed by atoms with Crippen LogP contribution in [0.1, 0.15) is 0 Å². The first-order valence-corrected chi connectivity index (χ1v) is 19.2. The summed E-state index contributed by atoms with van der Waals surface area (Å²) in [7, 11) is 0. The van der Waals surface area contributed by atoms with Crippen LogP contribution in [0.4, 0.5) is 17.1 Å². The topological polar surface area (TPSA) is 16.4 Å². The van der Waals surface area contributed by atoms with Crippen LogP contribution in [0.2, 0.25) is 0 Å². The third-order valence-electron chi connectivity index (χ3n) is 11.2. The Kier molecular flexibility index (Phi) is 7.53. The Morgan fingerprint density at radius 3 is 1.57 bits per heavy atom. The van der Waals surface area contributed by atoms with Crippen molar-refractivity contribution >= 4 is 71.3 Å². The molecule has 0 N–H and O–H groups in total. The average Bonchev–Trinajstić information content (AvgIpc) is 3.66. The summed E-state index contributed by atoms with van der Waals surface area (Å²) in [6.07, 6.45) is 0. The van der Waals surface area contributed by atoms with Gasteiger partial charge >= 0.3 is 0 Å². The van der Waals surface area contributed by atoms with E-state index in [-0.39, 0.29) is 0 Å². The second-order valence-electron chi connectivity index (χ2n) is 14.4. The van der Waals surface area contributed by atoms with Crippen LogP contribution < -0.4 is 4.90 Å². The van der Waals surface area contributed by atoms with Crippen LogP contribution in [0.3, 0.4) is 0 Å². The van der Waals surface area contributed by atoms with Crippen molar-refractivity contribution in [2.75, 3.05) is 4.90 Å². The SMILES string of the molecule is c1ccc(-c2ccccc2N(c2ccc3c(c2)oc2c4ccccc4ccc32)c2ccc3c(c2)c(-c2ccccc2)c(-c2ccccc2)c2ccccc23)cc1. The summed E-state index contributed by atoms with van der Waals surface area (Å²) in [5.74, 6) is 0. The van der Waals surface area contributed by atoms with E-state index < -0.39 is 0 Å². The lowest BCUT2D eigenvalue weighted by Gasteiger charge is -2.29. The summed E-state index contributed by atoms with van der Waals surface area (Å²) < 4.78 is 6.78. The number of furan rings is 1. The van der Waals surface area contributed by atoms with Crippen LogP contribution >= 0.6 is 0 Å². The van der Waals surface area contributed by atoms with Gasteiger partial charge < -0.3 is 9.32 Å². The zero-order chi connectivity index (χ0) is 37.0. The van der Waals surface area contributed by atoms with Gasteiger partial charge in [0.1, 0.15) is 11.2 Å². The van der Waals surface area contributed by atoms with E-state index >= 15 is 0 Å². The zero-order valence-corrected chi connectivity index (χ0v) is 30.6. The van der Waals surface area contributed by atoms with E-state index in [0.717, 1.165) is 55.5 Å². The first-order valence-electron chi connectivity index (χ1n) is 19.2. The van der Waals surface area contributed by atoms with Crippen molar-refractivity contribution < 1.29 is 4.42 Å². The molecule has 0 atom stereocenters. The zero-order valence-electron chi connectivity index (χ0n) is 30.6. The maximum atomic E-state index is 6.78. The Hall–Kier alpha value is -7.42. The van der Waals surface area contributed by atoms with Gasteiger partial charge in [-0.15, -0.1) is 0 Å². The van der Waals surface area contributed by atoms with Gasteiger partial charge in [-0.2, -0.15) is 0 Å². The van der Waals surface area contributed by atoms with Gasteiger partial charge in [0.05, 0.1) is 5.69 Å². The van der Waals surface area contributed by atoms with Crippen molar-refractivity contribution in [3.8, 4) is 33.4 Å². The molecule has 2 heteroatoms. The molecule has 0 aliphatic rings. The number of para-hydroxylation sites is 1. The fourth-order valence-corrected chi connectivity index (χ4v) is 8.72. The number of hydrogen-bond donors (Lipinski definition) is 0. The van der Waals surface area contributed by atoms with Crippen LogP contribution in [0.25, 0.3) is 87.6 Å². The highest BCUT2D eigenvalue weighted by Gasteiger charge is 2.23. The van der Waals surface area contributed by atoms with Gasteiger partial charge in [0.2, 0.25) is 0 Å². The van der Waals surface area contributed by atoms with Gasteiger partial charge in [-0.1, -0.05) is 170 Å². The molecule has 0 fully saturated rings. The quantitative estimate of drug-likeness (QED) is 0.160. The molecule has 11 aromatic rings. The molecule has 0 saturated heterocycles. The Balaban J connectivity index is 1.22. The first-order chi connectivity index (χ1) is 27.8. The number of hydrogen-bond acceptors (Lipinski definition) is 2. The highest BCUT2D eigenvalue weighted by Crippen LogP contribution is 2.48. The van der Waals surface area contributed by atoms with Crippen LogP contribution in [0, 0.1) is 0 Å². The van der Waals surface area contributed by atoms with E-state index in [2.05, 4.69) is 217 Å². The lowest BCUT2D eigenvalue weighted by molar-refractivity contribution is 0.672. The first kappa shape index (κ1) is 32.0. The largest absolute Gasteiger partial charge is 0.455 e. The molecule has 0 saturated carbocycles. The predicted molar refractivity (Wildman–Crippen MR) is 237 cm³/mol. The summed E-state index contributed by atoms with van der Waals surface area (Å²) >= 11 is 0. The number of fused-ring (bicyclic) bond motifs is 8. The van der Waals surface area contributed by atoms with Crippen molar-refractivity contribution in [2.45, 2.75) is 0 Å². The molecule has 0 unspecified atom stereocenters. The second kappa shape index (κ2) is 13.2. The minimum atomic E-state index is 0.860. The van der Waals surface area contributed by atoms with Gasteiger partial charge in [-0.05, 0) is 91.1 Å². The number of nitrogens with zero attached hydrogens (tertiary/aromatic N) is 1. The highest BCUT2D eigenvalue weighted by molar-refractivity contribution is 6.22. The minimum absolute atomic E-state index is 0.860. The number of anilines is 3. The Bertz CT molecular complexity index is 3240. The maximum Gasteiger partial charge on any atom is 0.143 e. The van der Waals surface area contributed by atoms with Crippen LogP contribution in [0.5, 0.6) is 0 Å². The van der Waals surface area contributed by atoms with Gasteiger partial charge in [0, 0.05) is 39.2 Å². The van der Waals surface area contributed by atoms with Crippen molar-refractivity contribution in [3.05, 3.63) is 212 Å². The van der Waals surface area contributed by atoms with Gasteiger partial charge in [-0.3, -0.25) is 0 Å². The van der Waals surface area contributed by atoms with Gasteiger partial charge in [0.25, 0.3) is 0 Å². The van der Waals surface area contributed by atoms with Crippen molar-refractivity contribution in [1.29, 1.82) is 0 Å². The van der Waals surface area contributed by atoms with E-state index in [1.807, 2.05) is 0 Å². The standard InChI is InChI=1S/C54H35NO/c1-4-16-36(17-5-1)42-23-14-15-27-50(42)55(41-30-33-46-48-31-28-37-18-10-11-24-43(37)54(48)56-51(46)35-41)40-29-32-45-44-25-12-13-26-47(44)52(38-19-6-2-7-20-38)53(49(45)34-40)39-21-8-3-9-22-39/h1-35H. The van der Waals surface area contributed by atoms with E-state index in [4.69, 9.17) is 4.42 Å². The van der Waals surface area contributed by atoms with Gasteiger partial charge in [-0.25, -0.2) is 0 Å². The molecular formula is C54H35NO. The molecule has 0 spiro atoms. The van der Waals surface area contributed by atoms with E-state index in [0.29, 0.717) is 0 Å². The Morgan fingerprint density at radius 2 is 0.839 bits per heavy atom. The predicted octanol–water partition coefficient (Wildman–Crippen LogP) is 15.5. The van der Waals surface area contributed by atoms with Gasteiger partial charge in [0.15, 0.2) is 0 Å². The molecule has 2 nitrogen and oxygen atoms in total. The Labute approximate surface area is 325 Å². The third-order valence-corrected chi connectivity index (χ3v) is 11.2. The Morgan fingerprint density at radius 1 is 0.321 bits per heavy atom. The minimum Gasteiger partial charge on any atom is -0.455 e. The fraction of sp³-hybridized carbons (Fsp3) is 0. The molecule has 1 heterocycles. The molecule has 11 rings (SSSR count). The molecule has 0 aliphatic heterocycles. The summed E-state index contributed by atoms with van der Waals surface area (Å²) in [5.41, 5.74) is 12.1. The maximum absolute atomic E-state index is 6.78. The molecule has 0 amide bonds. The lowest BCUT2D eigenvalue weighted by atomic mass is 9.85. The van der Waals surface area contributed by atoms with E-state index in [1.54, 1.807) is 0 Å². The summed E-state index contributed by atoms with van der Waals surface area (Å²) in [6.45, 7) is 0. The molecule has 10 aromatic carbocycles. The molecule has 56 heavy (non-hydrogen) atoms. The van der Waals surface area contributed by atoms with Crippen LogP contribution in [-0.4, -0.2) is 0 Å². The summed E-state index contributed by atoms with van der Waals surface area (Å²) in [4.78, 5) is 2.40. The van der Waals surface area contributed by atoms with E-state index in [1.165, 1.54) is 49.2 Å². The lowest BCUT2D eigenvalue weighted by Crippen LogP contribution is -2.11.